The third kappa shape index (κ3) is 5.72. The van der Waals surface area contributed by atoms with Gasteiger partial charge in [0, 0.05) is 0 Å². The molecule has 0 saturated carbocycles. The largest absolute Gasteiger partial charge is 0.479 e. The lowest BCUT2D eigenvalue weighted by Gasteiger charge is -2.13. The molecule has 0 aromatic heterocycles. The van der Waals surface area contributed by atoms with Gasteiger partial charge >= 0.3 is 11.9 Å². The van der Waals surface area contributed by atoms with Crippen LogP contribution in [-0.2, 0) is 14.3 Å². The highest BCUT2D eigenvalue weighted by Gasteiger charge is 2.21. The first-order valence-corrected chi connectivity index (χ1v) is 9.73. The van der Waals surface area contributed by atoms with Gasteiger partial charge in [-0.1, -0.05) is 70.1 Å². The van der Waals surface area contributed by atoms with Crippen LogP contribution in [0.25, 0.3) is 6.08 Å². The smallest absolute Gasteiger partial charge is 0.349 e. The number of ether oxygens (including phenoxy) is 3. The standard InChI is InChI=1S/C19H10Cl5NO5/c1-28-19(27)10(7-25)5-9-3-2-4-11(6-9)30-12(26)8-29-18-16(23)14(21)13(20)15(22)17(18)24/h2-6H,8H2,1H3/b10-5+. The van der Waals surface area contributed by atoms with Gasteiger partial charge in [0.05, 0.1) is 22.2 Å². The Morgan fingerprint density at radius 1 is 1.03 bits per heavy atom. The van der Waals surface area contributed by atoms with Crippen LogP contribution in [0.3, 0.4) is 0 Å². The fraction of sp³-hybridized carbons (Fsp3) is 0.105. The number of hydrogen-bond donors (Lipinski definition) is 0. The van der Waals surface area contributed by atoms with E-state index in [1.165, 1.54) is 18.2 Å². The third-order valence-corrected chi connectivity index (χ3v) is 5.67. The number of nitrogens with zero attached hydrogens (tertiary/aromatic N) is 1. The van der Waals surface area contributed by atoms with Crippen molar-refractivity contribution >= 4 is 76.0 Å². The summed E-state index contributed by atoms with van der Waals surface area (Å²) in [6.07, 6.45) is 1.29. The zero-order valence-electron chi connectivity index (χ0n) is 15.0. The van der Waals surface area contributed by atoms with Gasteiger partial charge in [-0.25, -0.2) is 9.59 Å². The summed E-state index contributed by atoms with van der Waals surface area (Å²) in [5.74, 6) is -1.56. The summed E-state index contributed by atoms with van der Waals surface area (Å²) in [6.45, 7) is -0.570. The van der Waals surface area contributed by atoms with E-state index in [-0.39, 0.29) is 42.2 Å². The summed E-state index contributed by atoms with van der Waals surface area (Å²) in [5, 5.41) is 8.60. The van der Waals surface area contributed by atoms with Crippen LogP contribution in [0.5, 0.6) is 11.5 Å². The van der Waals surface area contributed by atoms with Crippen molar-refractivity contribution in [2.24, 2.45) is 0 Å². The maximum absolute atomic E-state index is 12.1. The van der Waals surface area contributed by atoms with Crippen LogP contribution in [0.2, 0.25) is 25.1 Å². The minimum absolute atomic E-state index is 0.0446. The molecular weight excluding hydrogens is 499 g/mol. The van der Waals surface area contributed by atoms with Crippen LogP contribution in [0.1, 0.15) is 5.56 Å². The van der Waals surface area contributed by atoms with Crippen LogP contribution < -0.4 is 9.47 Å². The van der Waals surface area contributed by atoms with Gasteiger partial charge in [-0.15, -0.1) is 0 Å². The van der Waals surface area contributed by atoms with Crippen molar-refractivity contribution in [3.63, 3.8) is 0 Å². The second kappa shape index (κ2) is 10.8. The van der Waals surface area contributed by atoms with E-state index < -0.39 is 18.5 Å². The van der Waals surface area contributed by atoms with E-state index >= 15 is 0 Å². The minimum Gasteiger partial charge on any atom is -0.479 e. The number of carbonyl (C=O) groups is 2. The first-order chi connectivity index (χ1) is 14.2. The maximum Gasteiger partial charge on any atom is 0.349 e. The first kappa shape index (κ1) is 24.1. The van der Waals surface area contributed by atoms with Crippen molar-refractivity contribution in [3.05, 3.63) is 60.5 Å². The predicted octanol–water partition coefficient (Wildman–Crippen LogP) is 6.02. The Morgan fingerprint density at radius 2 is 1.63 bits per heavy atom. The molecule has 0 aliphatic rings. The maximum atomic E-state index is 12.1. The molecule has 0 fully saturated rings. The number of methoxy groups -OCH3 is 1. The van der Waals surface area contributed by atoms with Crippen molar-refractivity contribution in [2.45, 2.75) is 0 Å². The van der Waals surface area contributed by atoms with Gasteiger partial charge in [0.25, 0.3) is 0 Å². The highest BCUT2D eigenvalue weighted by molar-refractivity contribution is 6.55. The van der Waals surface area contributed by atoms with Gasteiger partial charge in [-0.3, -0.25) is 0 Å². The molecule has 0 heterocycles. The molecule has 0 N–H and O–H groups in total. The van der Waals surface area contributed by atoms with Crippen molar-refractivity contribution < 1.29 is 23.8 Å². The number of benzene rings is 2. The molecule has 30 heavy (non-hydrogen) atoms. The van der Waals surface area contributed by atoms with E-state index in [2.05, 4.69) is 4.74 Å². The molecular formula is C19H10Cl5NO5. The zero-order chi connectivity index (χ0) is 22.4. The van der Waals surface area contributed by atoms with Gasteiger partial charge in [0.1, 0.15) is 27.4 Å². The molecule has 0 spiro atoms. The molecule has 0 aliphatic heterocycles. The highest BCUT2D eigenvalue weighted by Crippen LogP contribution is 2.48. The van der Waals surface area contributed by atoms with Gasteiger partial charge in [-0.05, 0) is 23.8 Å². The van der Waals surface area contributed by atoms with Crippen LogP contribution in [0.15, 0.2) is 29.8 Å². The monoisotopic (exact) mass is 507 g/mol. The Labute approximate surface area is 196 Å². The Morgan fingerprint density at radius 3 is 2.20 bits per heavy atom. The van der Waals surface area contributed by atoms with Crippen molar-refractivity contribution in [1.29, 1.82) is 5.26 Å². The topological polar surface area (TPSA) is 85.6 Å². The Hall–Kier alpha value is -2.14. The van der Waals surface area contributed by atoms with Crippen LogP contribution in [0.4, 0.5) is 0 Å². The zero-order valence-corrected chi connectivity index (χ0v) is 18.8. The summed E-state index contributed by atoms with van der Waals surface area (Å²) in [6, 6.07) is 7.83. The number of hydrogen-bond acceptors (Lipinski definition) is 6. The van der Waals surface area contributed by atoms with Crippen molar-refractivity contribution in [2.75, 3.05) is 13.7 Å². The lowest BCUT2D eigenvalue weighted by Crippen LogP contribution is -2.18. The lowest BCUT2D eigenvalue weighted by molar-refractivity contribution is -0.137. The molecule has 0 amide bonds. The van der Waals surface area contributed by atoms with Gasteiger partial charge in [-0.2, -0.15) is 5.26 Å². The first-order valence-electron chi connectivity index (χ1n) is 7.84. The molecule has 6 nitrogen and oxygen atoms in total. The van der Waals surface area contributed by atoms with Crippen molar-refractivity contribution in [3.8, 4) is 17.6 Å². The number of rotatable bonds is 6. The van der Waals surface area contributed by atoms with E-state index in [9.17, 15) is 9.59 Å². The van der Waals surface area contributed by atoms with Gasteiger partial charge in [0.2, 0.25) is 0 Å². The number of halogens is 5. The highest BCUT2D eigenvalue weighted by atomic mass is 35.5. The van der Waals surface area contributed by atoms with Crippen LogP contribution in [0, 0.1) is 11.3 Å². The normalized spacial score (nSPS) is 10.9. The summed E-state index contributed by atoms with van der Waals surface area (Å²) in [4.78, 5) is 23.6. The predicted molar refractivity (Wildman–Crippen MR) is 115 cm³/mol. The molecule has 2 aromatic rings. The molecule has 0 saturated heterocycles. The second-order valence-electron chi connectivity index (χ2n) is 5.40. The Bertz CT molecular complexity index is 1050. The summed E-state index contributed by atoms with van der Waals surface area (Å²) >= 11 is 29.8. The van der Waals surface area contributed by atoms with Gasteiger partial charge < -0.3 is 14.2 Å². The molecule has 156 valence electrons. The summed E-state index contributed by atoms with van der Waals surface area (Å²) in [5.41, 5.74) is 0.218. The molecule has 2 aromatic carbocycles. The molecule has 11 heteroatoms. The minimum atomic E-state index is -0.793. The third-order valence-electron chi connectivity index (χ3n) is 3.43. The quantitative estimate of drug-likeness (QED) is 0.118. The summed E-state index contributed by atoms with van der Waals surface area (Å²) < 4.78 is 15.0. The molecule has 0 radical (unpaired) electrons. The number of carbonyl (C=O) groups excluding carboxylic acids is 2. The van der Waals surface area contributed by atoms with Crippen LogP contribution >= 0.6 is 58.0 Å². The molecule has 0 aliphatic carbocycles. The van der Waals surface area contributed by atoms with E-state index in [1.54, 1.807) is 18.2 Å². The average Bonchev–Trinajstić information content (AvgIpc) is 2.74. The molecule has 0 bridgehead atoms. The Kier molecular flexibility index (Phi) is 8.65. The second-order valence-corrected chi connectivity index (χ2v) is 7.29. The van der Waals surface area contributed by atoms with Crippen LogP contribution in [-0.4, -0.2) is 25.7 Å². The van der Waals surface area contributed by atoms with Gasteiger partial charge in [0.15, 0.2) is 12.4 Å². The van der Waals surface area contributed by atoms with E-state index in [4.69, 9.17) is 72.7 Å². The molecule has 2 rings (SSSR count). The number of nitriles is 1. The van der Waals surface area contributed by atoms with E-state index in [0.29, 0.717) is 5.56 Å². The lowest BCUT2D eigenvalue weighted by atomic mass is 10.1. The fourth-order valence-electron chi connectivity index (χ4n) is 2.08. The van der Waals surface area contributed by atoms with E-state index in [0.717, 1.165) is 7.11 Å². The molecule has 0 atom stereocenters. The SMILES string of the molecule is COC(=O)/C(C#N)=C/c1cccc(OC(=O)COc2c(Cl)c(Cl)c(Cl)c(Cl)c2Cl)c1. The van der Waals surface area contributed by atoms with Crippen molar-refractivity contribution in [1.82, 2.24) is 0 Å². The fourth-order valence-corrected chi connectivity index (χ4v) is 3.31. The average molecular weight is 510 g/mol. The summed E-state index contributed by atoms with van der Waals surface area (Å²) in [7, 11) is 1.16. The molecule has 0 unspecified atom stereocenters. The van der Waals surface area contributed by atoms with E-state index in [1.807, 2.05) is 0 Å². The number of esters is 2. The Balaban J connectivity index is 2.13.